The molecule has 0 saturated carbocycles. The van der Waals surface area contributed by atoms with Crippen LogP contribution in [0.25, 0.3) is 6.08 Å². The predicted molar refractivity (Wildman–Crippen MR) is 68.9 cm³/mol. The molecule has 1 aromatic carbocycles. The molecule has 94 valence electrons. The lowest BCUT2D eigenvalue weighted by Crippen LogP contribution is -2.30. The molecule has 0 aliphatic carbocycles. The van der Waals surface area contributed by atoms with Gasteiger partial charge in [-0.3, -0.25) is 0 Å². The van der Waals surface area contributed by atoms with Crippen molar-refractivity contribution >= 4 is 16.1 Å². The second kappa shape index (κ2) is 6.54. The molecule has 1 unspecified atom stereocenters. The molecule has 1 N–H and O–H groups in total. The number of benzene rings is 1. The van der Waals surface area contributed by atoms with Gasteiger partial charge in [0.05, 0.1) is 6.10 Å². The lowest BCUT2D eigenvalue weighted by atomic mass is 10.2. The number of hydrogen-bond donors (Lipinski definition) is 1. The van der Waals surface area contributed by atoms with Gasteiger partial charge in [0.25, 0.3) is 0 Å². The Bertz CT molecular complexity index is 454. The van der Waals surface area contributed by atoms with Crippen LogP contribution in [0.3, 0.4) is 0 Å². The Morgan fingerprint density at radius 3 is 2.59 bits per heavy atom. The molecule has 0 fully saturated rings. The fourth-order valence-corrected chi connectivity index (χ4v) is 2.00. The van der Waals surface area contributed by atoms with E-state index in [9.17, 15) is 8.42 Å². The molecule has 0 heterocycles. The van der Waals surface area contributed by atoms with Crippen molar-refractivity contribution in [3.8, 4) is 0 Å². The van der Waals surface area contributed by atoms with E-state index >= 15 is 0 Å². The highest BCUT2D eigenvalue weighted by Crippen LogP contribution is 2.02. The minimum Gasteiger partial charge on any atom is -0.380 e. The number of nitrogens with one attached hydrogen (secondary N) is 1. The summed E-state index contributed by atoms with van der Waals surface area (Å²) in [5, 5.41) is 1.16. The van der Waals surface area contributed by atoms with E-state index in [-0.39, 0.29) is 12.6 Å². The van der Waals surface area contributed by atoms with Crippen LogP contribution in [0, 0.1) is 0 Å². The summed E-state index contributed by atoms with van der Waals surface area (Å²) in [5.74, 6) is 0. The van der Waals surface area contributed by atoms with Gasteiger partial charge < -0.3 is 4.74 Å². The van der Waals surface area contributed by atoms with Crippen LogP contribution in [0.2, 0.25) is 0 Å². The number of hydrogen-bond acceptors (Lipinski definition) is 3. The van der Waals surface area contributed by atoms with Gasteiger partial charge >= 0.3 is 0 Å². The zero-order chi connectivity index (χ0) is 12.7. The molecule has 0 saturated heterocycles. The first-order valence-electron chi connectivity index (χ1n) is 5.29. The molecule has 0 aromatic heterocycles. The molecule has 4 nitrogen and oxygen atoms in total. The maximum absolute atomic E-state index is 11.6. The van der Waals surface area contributed by atoms with Crippen molar-refractivity contribution in [2.45, 2.75) is 13.0 Å². The van der Waals surface area contributed by atoms with Gasteiger partial charge in [0.1, 0.15) is 0 Å². The third-order valence-corrected chi connectivity index (χ3v) is 3.28. The van der Waals surface area contributed by atoms with Crippen LogP contribution in [0.1, 0.15) is 12.5 Å². The first-order valence-corrected chi connectivity index (χ1v) is 6.84. The summed E-state index contributed by atoms with van der Waals surface area (Å²) >= 11 is 0. The van der Waals surface area contributed by atoms with E-state index in [2.05, 4.69) is 4.72 Å². The maximum atomic E-state index is 11.6. The van der Waals surface area contributed by atoms with Gasteiger partial charge in [0, 0.05) is 19.1 Å². The highest BCUT2D eigenvalue weighted by atomic mass is 32.2. The summed E-state index contributed by atoms with van der Waals surface area (Å²) in [6.07, 6.45) is 1.41. The SMILES string of the molecule is COC(C)CNS(=O)(=O)/C=C/c1ccccc1. The number of ether oxygens (including phenoxy) is 1. The van der Waals surface area contributed by atoms with Gasteiger partial charge in [-0.15, -0.1) is 0 Å². The summed E-state index contributed by atoms with van der Waals surface area (Å²) in [6, 6.07) is 9.26. The first kappa shape index (κ1) is 13.9. The molecule has 0 aliphatic rings. The monoisotopic (exact) mass is 255 g/mol. The highest BCUT2D eigenvalue weighted by Gasteiger charge is 2.07. The van der Waals surface area contributed by atoms with Crippen LogP contribution in [-0.4, -0.2) is 28.2 Å². The molecule has 1 rings (SSSR count). The quantitative estimate of drug-likeness (QED) is 0.840. The predicted octanol–water partition coefficient (Wildman–Crippen LogP) is 1.61. The first-order chi connectivity index (χ1) is 8.03. The van der Waals surface area contributed by atoms with E-state index in [1.165, 1.54) is 0 Å². The highest BCUT2D eigenvalue weighted by molar-refractivity contribution is 7.92. The lowest BCUT2D eigenvalue weighted by Gasteiger charge is -2.09. The molecule has 1 aromatic rings. The second-order valence-electron chi connectivity index (χ2n) is 3.65. The van der Waals surface area contributed by atoms with Crippen molar-refractivity contribution < 1.29 is 13.2 Å². The Morgan fingerprint density at radius 1 is 1.35 bits per heavy atom. The van der Waals surface area contributed by atoms with Crippen LogP contribution in [0.15, 0.2) is 35.7 Å². The van der Waals surface area contributed by atoms with Crippen LogP contribution in [0.4, 0.5) is 0 Å². The van der Waals surface area contributed by atoms with Crippen molar-refractivity contribution in [3.05, 3.63) is 41.3 Å². The summed E-state index contributed by atoms with van der Waals surface area (Å²) in [5.41, 5.74) is 0.845. The van der Waals surface area contributed by atoms with Gasteiger partial charge in [-0.05, 0) is 18.6 Å². The summed E-state index contributed by atoms with van der Waals surface area (Å²) in [4.78, 5) is 0. The lowest BCUT2D eigenvalue weighted by molar-refractivity contribution is 0.122. The van der Waals surface area contributed by atoms with Gasteiger partial charge in [-0.1, -0.05) is 30.3 Å². The Balaban J connectivity index is 2.58. The number of rotatable bonds is 6. The Hall–Kier alpha value is -1.17. The average Bonchev–Trinajstić information content (AvgIpc) is 2.35. The minimum atomic E-state index is -3.40. The molecule has 0 bridgehead atoms. The van der Waals surface area contributed by atoms with Crippen molar-refractivity contribution in [2.24, 2.45) is 0 Å². The fraction of sp³-hybridized carbons (Fsp3) is 0.333. The van der Waals surface area contributed by atoms with Crippen LogP contribution >= 0.6 is 0 Å². The molecule has 0 spiro atoms. The molecular weight excluding hydrogens is 238 g/mol. The third-order valence-electron chi connectivity index (χ3n) is 2.21. The van der Waals surface area contributed by atoms with Gasteiger partial charge in [0.2, 0.25) is 10.0 Å². The topological polar surface area (TPSA) is 55.4 Å². The summed E-state index contributed by atoms with van der Waals surface area (Å²) in [6.45, 7) is 2.06. The van der Waals surface area contributed by atoms with Crippen LogP contribution in [-0.2, 0) is 14.8 Å². The zero-order valence-corrected chi connectivity index (χ0v) is 10.8. The zero-order valence-electron chi connectivity index (χ0n) is 9.96. The Morgan fingerprint density at radius 2 is 2.00 bits per heavy atom. The maximum Gasteiger partial charge on any atom is 0.233 e. The van der Waals surface area contributed by atoms with E-state index in [1.54, 1.807) is 20.1 Å². The van der Waals surface area contributed by atoms with Gasteiger partial charge in [-0.2, -0.15) is 0 Å². The summed E-state index contributed by atoms with van der Waals surface area (Å²) in [7, 11) is -1.86. The molecule has 5 heteroatoms. The third kappa shape index (κ3) is 5.63. The second-order valence-corrected chi connectivity index (χ2v) is 5.30. The minimum absolute atomic E-state index is 0.144. The van der Waals surface area contributed by atoms with E-state index in [0.29, 0.717) is 0 Å². The Kier molecular flexibility index (Phi) is 5.34. The number of sulfonamides is 1. The molecule has 0 aliphatic heterocycles. The van der Waals surface area contributed by atoms with E-state index in [4.69, 9.17) is 4.74 Å². The van der Waals surface area contributed by atoms with Gasteiger partial charge in [0.15, 0.2) is 0 Å². The molecule has 17 heavy (non-hydrogen) atoms. The normalized spacial score (nSPS) is 14.0. The molecule has 0 amide bonds. The Labute approximate surface area is 102 Å². The van der Waals surface area contributed by atoms with Crippen molar-refractivity contribution in [1.29, 1.82) is 0 Å². The standard InChI is InChI=1S/C12H17NO3S/c1-11(16-2)10-13-17(14,15)9-8-12-6-4-3-5-7-12/h3-9,11,13H,10H2,1-2H3/b9-8+. The van der Waals surface area contributed by atoms with Crippen molar-refractivity contribution in [1.82, 2.24) is 4.72 Å². The molecular formula is C12H17NO3S. The molecule has 1 atom stereocenters. The number of methoxy groups -OCH3 is 1. The van der Waals surface area contributed by atoms with Crippen molar-refractivity contribution in [3.63, 3.8) is 0 Å². The summed E-state index contributed by atoms with van der Waals surface area (Å²) < 4.78 is 30.5. The fourth-order valence-electron chi connectivity index (χ4n) is 1.10. The molecule has 0 radical (unpaired) electrons. The van der Waals surface area contributed by atoms with Gasteiger partial charge in [-0.25, -0.2) is 13.1 Å². The van der Waals surface area contributed by atoms with Crippen LogP contribution in [0.5, 0.6) is 0 Å². The van der Waals surface area contributed by atoms with E-state index in [0.717, 1.165) is 11.0 Å². The largest absolute Gasteiger partial charge is 0.380 e. The van der Waals surface area contributed by atoms with E-state index < -0.39 is 10.0 Å². The van der Waals surface area contributed by atoms with Crippen LogP contribution < -0.4 is 4.72 Å². The average molecular weight is 255 g/mol. The smallest absolute Gasteiger partial charge is 0.233 e. The van der Waals surface area contributed by atoms with E-state index in [1.807, 2.05) is 30.3 Å². The van der Waals surface area contributed by atoms with Crippen molar-refractivity contribution in [2.75, 3.05) is 13.7 Å².